The largest absolute Gasteiger partial charge is 0.300 e. The summed E-state index contributed by atoms with van der Waals surface area (Å²) in [5, 5.41) is 0. The van der Waals surface area contributed by atoms with Crippen molar-refractivity contribution in [1.82, 2.24) is 4.90 Å². The van der Waals surface area contributed by atoms with E-state index < -0.39 is 0 Å². The van der Waals surface area contributed by atoms with Crippen molar-refractivity contribution >= 4 is 11.8 Å². The average Bonchev–Trinajstić information content (AvgIpc) is 1.61. The van der Waals surface area contributed by atoms with Crippen LogP contribution >= 0.6 is 11.8 Å². The summed E-state index contributed by atoms with van der Waals surface area (Å²) in [7, 11) is 4.12. The van der Waals surface area contributed by atoms with Gasteiger partial charge in [0, 0.05) is 5.88 Å². The van der Waals surface area contributed by atoms with Crippen molar-refractivity contribution in [2.75, 3.05) is 25.7 Å². The smallest absolute Gasteiger partial charge is 0.0438 e. The predicted octanol–water partition coefficient (Wildman–Crippen LogP) is 1.07. The number of hydrogen-bond donors (Lipinski definition) is 0. The molecular weight excluding hydrogens is 106 g/mol. The standard InChI is InChI=1S/C5H12NS/c1-4-7-5-6(2)3/h1,4-5H2,2-3H3. The molecule has 0 bridgehead atoms. The maximum absolute atomic E-state index is 3.69. The summed E-state index contributed by atoms with van der Waals surface area (Å²) in [6.07, 6.45) is 0. The molecule has 2 heteroatoms. The van der Waals surface area contributed by atoms with Crippen LogP contribution in [0.15, 0.2) is 0 Å². The Morgan fingerprint density at radius 2 is 2.14 bits per heavy atom. The van der Waals surface area contributed by atoms with Crippen LogP contribution in [0, 0.1) is 6.92 Å². The molecule has 0 aliphatic carbocycles. The molecule has 0 aromatic carbocycles. The molecule has 1 nitrogen and oxygen atoms in total. The van der Waals surface area contributed by atoms with E-state index in [1.807, 2.05) is 11.8 Å². The van der Waals surface area contributed by atoms with E-state index in [1.165, 1.54) is 0 Å². The molecule has 0 unspecified atom stereocenters. The van der Waals surface area contributed by atoms with Crippen molar-refractivity contribution in [3.8, 4) is 0 Å². The minimum atomic E-state index is 0.970. The Kier molecular flexibility index (Phi) is 4.67. The lowest BCUT2D eigenvalue weighted by atomic mass is 11.0. The fraction of sp³-hybridized carbons (Fsp3) is 0.800. The van der Waals surface area contributed by atoms with E-state index >= 15 is 0 Å². The van der Waals surface area contributed by atoms with Crippen molar-refractivity contribution in [1.29, 1.82) is 0 Å². The van der Waals surface area contributed by atoms with E-state index in [2.05, 4.69) is 25.9 Å². The lowest BCUT2D eigenvalue weighted by Crippen LogP contribution is -2.09. The second-order valence-corrected chi connectivity index (χ2v) is 2.69. The van der Waals surface area contributed by atoms with E-state index in [-0.39, 0.29) is 0 Å². The van der Waals surface area contributed by atoms with Crippen LogP contribution in [-0.2, 0) is 0 Å². The third kappa shape index (κ3) is 6.31. The van der Waals surface area contributed by atoms with E-state index in [0.717, 1.165) is 11.6 Å². The molecule has 0 aliphatic heterocycles. The van der Waals surface area contributed by atoms with Gasteiger partial charge in [0.25, 0.3) is 0 Å². The lowest BCUT2D eigenvalue weighted by Gasteiger charge is -2.05. The molecule has 1 radical (unpaired) electrons. The minimum Gasteiger partial charge on any atom is -0.300 e. The van der Waals surface area contributed by atoms with Crippen LogP contribution in [0.2, 0.25) is 0 Å². The van der Waals surface area contributed by atoms with Crippen molar-refractivity contribution in [3.05, 3.63) is 6.92 Å². The van der Waals surface area contributed by atoms with Gasteiger partial charge in [-0.25, -0.2) is 0 Å². The molecule has 0 atom stereocenters. The van der Waals surface area contributed by atoms with E-state index in [1.54, 1.807) is 0 Å². The zero-order valence-electron chi connectivity index (χ0n) is 4.98. The van der Waals surface area contributed by atoms with Crippen molar-refractivity contribution in [3.63, 3.8) is 0 Å². The molecule has 0 heterocycles. The molecule has 0 fully saturated rings. The Balaban J connectivity index is 2.68. The molecule has 0 aromatic heterocycles. The summed E-state index contributed by atoms with van der Waals surface area (Å²) in [4.78, 5) is 2.13. The van der Waals surface area contributed by atoms with Crippen LogP contribution in [0.3, 0.4) is 0 Å². The average molecular weight is 118 g/mol. The van der Waals surface area contributed by atoms with Gasteiger partial charge in [-0.15, -0.1) is 11.8 Å². The van der Waals surface area contributed by atoms with Gasteiger partial charge >= 0.3 is 0 Å². The van der Waals surface area contributed by atoms with Gasteiger partial charge in [-0.2, -0.15) is 0 Å². The van der Waals surface area contributed by atoms with Gasteiger partial charge in [-0.05, 0) is 26.8 Å². The first-order chi connectivity index (χ1) is 3.27. The van der Waals surface area contributed by atoms with Gasteiger partial charge in [0.2, 0.25) is 0 Å². The van der Waals surface area contributed by atoms with E-state index in [0.29, 0.717) is 0 Å². The van der Waals surface area contributed by atoms with E-state index in [4.69, 9.17) is 0 Å². The predicted molar refractivity (Wildman–Crippen MR) is 36.4 cm³/mol. The minimum absolute atomic E-state index is 0.970. The summed E-state index contributed by atoms with van der Waals surface area (Å²) in [5.74, 6) is 2.06. The van der Waals surface area contributed by atoms with Crippen molar-refractivity contribution in [2.24, 2.45) is 0 Å². The van der Waals surface area contributed by atoms with Crippen LogP contribution in [0.1, 0.15) is 0 Å². The van der Waals surface area contributed by atoms with Gasteiger partial charge in [0.1, 0.15) is 0 Å². The molecule has 0 saturated carbocycles. The SMILES string of the molecule is [CH2]CSCN(C)C. The van der Waals surface area contributed by atoms with Crippen LogP contribution in [0.5, 0.6) is 0 Å². The lowest BCUT2D eigenvalue weighted by molar-refractivity contribution is 0.486. The first kappa shape index (κ1) is 7.31. The Morgan fingerprint density at radius 3 is 2.29 bits per heavy atom. The van der Waals surface area contributed by atoms with Crippen molar-refractivity contribution < 1.29 is 0 Å². The van der Waals surface area contributed by atoms with Crippen LogP contribution < -0.4 is 0 Å². The van der Waals surface area contributed by atoms with Gasteiger partial charge < -0.3 is 4.90 Å². The third-order valence-corrected chi connectivity index (χ3v) is 1.48. The highest BCUT2D eigenvalue weighted by Crippen LogP contribution is 1.96. The fourth-order valence-electron chi connectivity index (χ4n) is 0.247. The Morgan fingerprint density at radius 1 is 1.57 bits per heavy atom. The van der Waals surface area contributed by atoms with Gasteiger partial charge in [0.15, 0.2) is 0 Å². The maximum Gasteiger partial charge on any atom is 0.0438 e. The zero-order chi connectivity index (χ0) is 5.70. The Labute approximate surface area is 50.1 Å². The molecule has 0 aromatic rings. The summed E-state index contributed by atoms with van der Waals surface area (Å²) < 4.78 is 0. The third-order valence-electron chi connectivity index (χ3n) is 0.494. The highest BCUT2D eigenvalue weighted by atomic mass is 32.2. The molecule has 0 spiro atoms. The van der Waals surface area contributed by atoms with Crippen LogP contribution in [0.25, 0.3) is 0 Å². The van der Waals surface area contributed by atoms with Crippen LogP contribution in [0.4, 0.5) is 0 Å². The van der Waals surface area contributed by atoms with Gasteiger partial charge in [-0.1, -0.05) is 0 Å². The molecule has 7 heavy (non-hydrogen) atoms. The normalized spacial score (nSPS) is 10.3. The molecule has 0 aliphatic rings. The number of nitrogens with zero attached hydrogens (tertiary/aromatic N) is 1. The second kappa shape index (κ2) is 4.47. The van der Waals surface area contributed by atoms with Crippen LogP contribution in [-0.4, -0.2) is 30.6 Å². The fourth-order valence-corrected chi connectivity index (χ4v) is 0.741. The summed E-state index contributed by atoms with van der Waals surface area (Å²) in [5.41, 5.74) is 0. The monoisotopic (exact) mass is 118 g/mol. The van der Waals surface area contributed by atoms with E-state index in [9.17, 15) is 0 Å². The molecule has 0 saturated heterocycles. The highest BCUT2D eigenvalue weighted by Gasteiger charge is 1.83. The van der Waals surface area contributed by atoms with Gasteiger partial charge in [-0.3, -0.25) is 0 Å². The Hall–Kier alpha value is 0.310. The first-order valence-electron chi connectivity index (χ1n) is 2.29. The topological polar surface area (TPSA) is 3.24 Å². The number of rotatable bonds is 3. The van der Waals surface area contributed by atoms with Gasteiger partial charge in [0.05, 0.1) is 0 Å². The molecule has 0 rings (SSSR count). The quantitative estimate of drug-likeness (QED) is 0.510. The first-order valence-corrected chi connectivity index (χ1v) is 3.44. The maximum atomic E-state index is 3.69. The number of thioether (sulfide) groups is 1. The molecule has 0 N–H and O–H groups in total. The number of hydrogen-bond acceptors (Lipinski definition) is 2. The Bertz CT molecular complexity index is 37.1. The second-order valence-electron chi connectivity index (χ2n) is 1.62. The molecular formula is C5H12NS. The molecule has 43 valence electrons. The zero-order valence-corrected chi connectivity index (χ0v) is 5.79. The summed E-state index contributed by atoms with van der Waals surface area (Å²) >= 11 is 1.83. The molecule has 0 amide bonds. The highest BCUT2D eigenvalue weighted by molar-refractivity contribution is 7.99. The summed E-state index contributed by atoms with van der Waals surface area (Å²) in [6.45, 7) is 3.69. The van der Waals surface area contributed by atoms with Crippen molar-refractivity contribution in [2.45, 2.75) is 0 Å². The summed E-state index contributed by atoms with van der Waals surface area (Å²) in [6, 6.07) is 0.